The van der Waals surface area contributed by atoms with E-state index in [9.17, 15) is 0 Å². The zero-order valence-corrected chi connectivity index (χ0v) is 8.38. The molecule has 0 nitrogen and oxygen atoms in total. The van der Waals surface area contributed by atoms with Gasteiger partial charge >= 0.3 is 0 Å². The molecule has 52 valence electrons. The summed E-state index contributed by atoms with van der Waals surface area (Å²) in [6.45, 7) is 0. The fourth-order valence-corrected chi connectivity index (χ4v) is 1.71. The monoisotopic (exact) mass is 170 g/mol. The van der Waals surface area contributed by atoms with E-state index in [2.05, 4.69) is 11.8 Å². The van der Waals surface area contributed by atoms with Crippen molar-refractivity contribution in [1.82, 2.24) is 0 Å². The Morgan fingerprint density at radius 3 is 1.50 bits per heavy atom. The van der Waals surface area contributed by atoms with E-state index in [1.165, 1.54) is 30.8 Å². The summed E-state index contributed by atoms with van der Waals surface area (Å²) in [7, 11) is 0. The van der Waals surface area contributed by atoms with Crippen LogP contribution in [0.1, 0.15) is 19.3 Å². The van der Waals surface area contributed by atoms with Crippen LogP contribution in [0.5, 0.6) is 0 Å². The second kappa shape index (κ2) is 8.13. The van der Waals surface area contributed by atoms with Gasteiger partial charge in [0.25, 0.3) is 0 Å². The van der Waals surface area contributed by atoms with Gasteiger partial charge in [-0.25, -0.2) is 0 Å². The summed E-state index contributed by atoms with van der Waals surface area (Å²) in [5.74, 6) is 2.83. The molecule has 1 saturated heterocycles. The molecule has 0 aromatic carbocycles. The van der Waals surface area contributed by atoms with Gasteiger partial charge in [-0.2, -0.15) is 35.2 Å². The van der Waals surface area contributed by atoms with Crippen LogP contribution < -0.4 is 0 Å². The van der Waals surface area contributed by atoms with Crippen molar-refractivity contribution in [2.24, 2.45) is 0 Å². The van der Waals surface area contributed by atoms with E-state index < -0.39 is 0 Å². The molecule has 0 amide bonds. The first-order valence-corrected chi connectivity index (χ1v) is 3.73. The first kappa shape index (κ1) is 11.9. The van der Waals surface area contributed by atoms with Gasteiger partial charge in [0.1, 0.15) is 0 Å². The maximum atomic E-state index is 2.09. The average molecular weight is 170 g/mol. The molecule has 1 rings (SSSR count). The Hall–Kier alpha value is 1.13. The van der Waals surface area contributed by atoms with Gasteiger partial charge in [-0.15, -0.1) is 0 Å². The summed E-state index contributed by atoms with van der Waals surface area (Å²) in [6.07, 6.45) is 4.41. The SMILES string of the molecule is C1CCSCC1.P.S. The third-order valence-electron chi connectivity index (χ3n) is 1.08. The third kappa shape index (κ3) is 5.27. The molecule has 1 aliphatic rings. The Bertz CT molecular complexity index is 25.9. The van der Waals surface area contributed by atoms with E-state index in [4.69, 9.17) is 0 Å². The molecule has 1 heterocycles. The molecule has 0 aromatic rings. The Labute approximate surface area is 66.3 Å². The Kier molecular flexibility index (Phi) is 12.1. The normalized spacial score (nSPS) is 18.0. The Morgan fingerprint density at radius 2 is 1.38 bits per heavy atom. The Morgan fingerprint density at radius 1 is 0.875 bits per heavy atom. The summed E-state index contributed by atoms with van der Waals surface area (Å²) < 4.78 is 0. The lowest BCUT2D eigenvalue weighted by atomic mass is 10.3. The van der Waals surface area contributed by atoms with E-state index in [0.29, 0.717) is 0 Å². The maximum absolute atomic E-state index is 2.09. The highest BCUT2D eigenvalue weighted by atomic mass is 32.2. The van der Waals surface area contributed by atoms with Gasteiger partial charge in [-0.05, 0) is 24.3 Å². The molecule has 0 bridgehead atoms. The van der Waals surface area contributed by atoms with E-state index in [0.717, 1.165) is 0 Å². The fraction of sp³-hybridized carbons (Fsp3) is 1.00. The molecule has 8 heavy (non-hydrogen) atoms. The standard InChI is InChI=1S/C5H10S.H3P.H2S/c1-2-4-6-5-3-1;;/h1-5H2;1H3;1H2. The largest absolute Gasteiger partial charge is 0.197 e. The van der Waals surface area contributed by atoms with E-state index in [-0.39, 0.29) is 23.4 Å². The molecular formula is C5H15PS2. The minimum absolute atomic E-state index is 0. The van der Waals surface area contributed by atoms with Gasteiger partial charge in [-0.3, -0.25) is 0 Å². The summed E-state index contributed by atoms with van der Waals surface area (Å²) in [5, 5.41) is 0. The van der Waals surface area contributed by atoms with Gasteiger partial charge in [-0.1, -0.05) is 6.42 Å². The van der Waals surface area contributed by atoms with E-state index >= 15 is 0 Å². The fourth-order valence-electron chi connectivity index (χ4n) is 0.687. The van der Waals surface area contributed by atoms with Crippen LogP contribution in [0.4, 0.5) is 0 Å². The molecule has 0 aromatic heterocycles. The Balaban J connectivity index is 0. The van der Waals surface area contributed by atoms with Crippen LogP contribution in [0.2, 0.25) is 0 Å². The third-order valence-corrected chi connectivity index (χ3v) is 2.23. The topological polar surface area (TPSA) is 0 Å². The number of hydrogen-bond acceptors (Lipinski definition) is 1. The van der Waals surface area contributed by atoms with Gasteiger partial charge in [0.15, 0.2) is 0 Å². The number of rotatable bonds is 0. The summed E-state index contributed by atoms with van der Waals surface area (Å²) in [5.41, 5.74) is 0. The van der Waals surface area contributed by atoms with Crippen molar-refractivity contribution in [3.05, 3.63) is 0 Å². The molecule has 1 fully saturated rings. The minimum atomic E-state index is 0. The van der Waals surface area contributed by atoms with Crippen LogP contribution in [0.25, 0.3) is 0 Å². The van der Waals surface area contributed by atoms with Crippen LogP contribution >= 0.6 is 35.2 Å². The maximum Gasteiger partial charge on any atom is -0.00675 e. The first-order chi connectivity index (χ1) is 3.00. The molecule has 0 spiro atoms. The van der Waals surface area contributed by atoms with Gasteiger partial charge in [0.2, 0.25) is 0 Å². The van der Waals surface area contributed by atoms with Crippen molar-refractivity contribution in [2.75, 3.05) is 11.5 Å². The van der Waals surface area contributed by atoms with Crippen molar-refractivity contribution < 1.29 is 0 Å². The van der Waals surface area contributed by atoms with Crippen LogP contribution in [0, 0.1) is 0 Å². The first-order valence-electron chi connectivity index (χ1n) is 2.58. The smallest absolute Gasteiger partial charge is 0.00675 e. The average Bonchev–Trinajstić information content (AvgIpc) is 1.72. The van der Waals surface area contributed by atoms with E-state index in [1.54, 1.807) is 0 Å². The van der Waals surface area contributed by atoms with Crippen molar-refractivity contribution >= 4 is 35.2 Å². The second-order valence-corrected chi connectivity index (χ2v) is 2.90. The minimum Gasteiger partial charge on any atom is -0.197 e. The van der Waals surface area contributed by atoms with Crippen LogP contribution in [0.3, 0.4) is 0 Å². The number of hydrogen-bond donors (Lipinski definition) is 0. The summed E-state index contributed by atoms with van der Waals surface area (Å²) >= 11 is 2.09. The lowest BCUT2D eigenvalue weighted by Gasteiger charge is -2.05. The van der Waals surface area contributed by atoms with Crippen molar-refractivity contribution in [3.8, 4) is 0 Å². The number of thioether (sulfide) groups is 1. The highest BCUT2D eigenvalue weighted by Gasteiger charge is 1.95. The molecule has 0 radical (unpaired) electrons. The molecule has 0 saturated carbocycles. The zero-order chi connectivity index (χ0) is 4.24. The lowest BCUT2D eigenvalue weighted by molar-refractivity contribution is 0.764. The van der Waals surface area contributed by atoms with Gasteiger partial charge < -0.3 is 0 Å². The van der Waals surface area contributed by atoms with Crippen molar-refractivity contribution in [3.63, 3.8) is 0 Å². The van der Waals surface area contributed by atoms with Crippen LogP contribution in [-0.2, 0) is 0 Å². The molecule has 1 unspecified atom stereocenters. The van der Waals surface area contributed by atoms with Crippen LogP contribution in [0.15, 0.2) is 0 Å². The quantitative estimate of drug-likeness (QED) is 0.502. The highest BCUT2D eigenvalue weighted by molar-refractivity contribution is 7.99. The zero-order valence-electron chi connectivity index (χ0n) is 5.15. The molecule has 0 aliphatic carbocycles. The summed E-state index contributed by atoms with van der Waals surface area (Å²) in [6, 6.07) is 0. The van der Waals surface area contributed by atoms with Crippen molar-refractivity contribution in [2.45, 2.75) is 19.3 Å². The lowest BCUT2D eigenvalue weighted by Crippen LogP contribution is -1.91. The molecule has 1 aliphatic heterocycles. The van der Waals surface area contributed by atoms with Gasteiger partial charge in [0.05, 0.1) is 0 Å². The second-order valence-electron chi connectivity index (χ2n) is 1.67. The summed E-state index contributed by atoms with van der Waals surface area (Å²) in [4.78, 5) is 0. The van der Waals surface area contributed by atoms with E-state index in [1.807, 2.05) is 0 Å². The molecular weight excluding hydrogens is 155 g/mol. The van der Waals surface area contributed by atoms with Crippen LogP contribution in [-0.4, -0.2) is 11.5 Å². The molecule has 1 atom stereocenters. The molecule has 3 heteroatoms. The van der Waals surface area contributed by atoms with Gasteiger partial charge in [0, 0.05) is 0 Å². The predicted octanol–water partition coefficient (Wildman–Crippen LogP) is 2.07. The predicted molar refractivity (Wildman–Crippen MR) is 52.7 cm³/mol. The van der Waals surface area contributed by atoms with Crippen molar-refractivity contribution in [1.29, 1.82) is 0 Å². The molecule has 0 N–H and O–H groups in total. The highest BCUT2D eigenvalue weighted by Crippen LogP contribution is 2.14.